The van der Waals surface area contributed by atoms with E-state index >= 15 is 0 Å². The van der Waals surface area contributed by atoms with Crippen LogP contribution in [-0.2, 0) is 9.31 Å². The van der Waals surface area contributed by atoms with Gasteiger partial charge in [-0.15, -0.1) is 0 Å². The normalized spacial score (nSPS) is 9.92. The molecule has 12 heavy (non-hydrogen) atoms. The van der Waals surface area contributed by atoms with Crippen molar-refractivity contribution in [3.05, 3.63) is 28.7 Å². The van der Waals surface area contributed by atoms with E-state index in [9.17, 15) is 0 Å². The zero-order chi connectivity index (χ0) is 8.97. The van der Waals surface area contributed by atoms with Gasteiger partial charge in [-0.2, -0.15) is 0 Å². The molecule has 0 heterocycles. The molecule has 0 aliphatic carbocycles. The summed E-state index contributed by atoms with van der Waals surface area (Å²) in [6.07, 6.45) is 0. The van der Waals surface area contributed by atoms with Crippen LogP contribution in [0.4, 0.5) is 0 Å². The van der Waals surface area contributed by atoms with Crippen molar-refractivity contribution in [2.75, 3.05) is 14.2 Å². The Labute approximate surface area is 81.1 Å². The van der Waals surface area contributed by atoms with Gasteiger partial charge in [-0.05, 0) is 17.6 Å². The molecule has 0 saturated carbocycles. The lowest BCUT2D eigenvalue weighted by molar-refractivity contribution is 0.292. The van der Waals surface area contributed by atoms with E-state index in [2.05, 4.69) is 15.9 Å². The van der Waals surface area contributed by atoms with Crippen molar-refractivity contribution in [3.8, 4) is 0 Å². The van der Waals surface area contributed by atoms with Crippen LogP contribution in [0.15, 0.2) is 28.7 Å². The second-order valence-corrected chi connectivity index (χ2v) is 3.27. The number of benzene rings is 1. The average Bonchev–Trinajstić information content (AvgIpc) is 2.10. The molecule has 1 aromatic rings. The molecule has 0 aromatic heterocycles. The summed E-state index contributed by atoms with van der Waals surface area (Å²) in [5, 5.41) is 0. The zero-order valence-corrected chi connectivity index (χ0v) is 8.67. The van der Waals surface area contributed by atoms with E-state index < -0.39 is 0 Å². The molecule has 0 N–H and O–H groups in total. The van der Waals surface area contributed by atoms with Gasteiger partial charge in [0.25, 0.3) is 0 Å². The standard InChI is InChI=1S/C8H10BBrO2/c1-11-9(12-2)7-3-5-8(10)6-4-7/h3-6H,1-2H3. The molecule has 4 heteroatoms. The van der Waals surface area contributed by atoms with E-state index in [-0.39, 0.29) is 7.12 Å². The lowest BCUT2D eigenvalue weighted by Gasteiger charge is -2.07. The zero-order valence-electron chi connectivity index (χ0n) is 7.08. The predicted octanol–water partition coefficient (Wildman–Crippen LogP) is 1.44. The van der Waals surface area contributed by atoms with Crippen molar-refractivity contribution in [2.45, 2.75) is 0 Å². The van der Waals surface area contributed by atoms with E-state index in [1.165, 1.54) is 0 Å². The van der Waals surface area contributed by atoms with Crippen LogP contribution >= 0.6 is 15.9 Å². The lowest BCUT2D eigenvalue weighted by Crippen LogP contribution is -2.34. The molecule has 0 aliphatic rings. The van der Waals surface area contributed by atoms with Crippen LogP contribution in [0.3, 0.4) is 0 Å². The Morgan fingerprint density at radius 1 is 1.08 bits per heavy atom. The maximum Gasteiger partial charge on any atom is 0.493 e. The predicted molar refractivity (Wildman–Crippen MR) is 53.5 cm³/mol. The summed E-state index contributed by atoms with van der Waals surface area (Å²) in [5.41, 5.74) is 1.02. The summed E-state index contributed by atoms with van der Waals surface area (Å²) < 4.78 is 11.2. The lowest BCUT2D eigenvalue weighted by atomic mass is 9.79. The van der Waals surface area contributed by atoms with Crippen LogP contribution in [-0.4, -0.2) is 21.3 Å². The molecule has 0 radical (unpaired) electrons. The van der Waals surface area contributed by atoms with Crippen LogP contribution in [0.1, 0.15) is 0 Å². The van der Waals surface area contributed by atoms with Crippen molar-refractivity contribution in [1.29, 1.82) is 0 Å². The molecule has 0 unspecified atom stereocenters. The van der Waals surface area contributed by atoms with Crippen LogP contribution in [0.25, 0.3) is 0 Å². The Morgan fingerprint density at radius 3 is 2.00 bits per heavy atom. The van der Waals surface area contributed by atoms with Crippen LogP contribution in [0, 0.1) is 0 Å². The number of hydrogen-bond acceptors (Lipinski definition) is 2. The third-order valence-electron chi connectivity index (χ3n) is 1.57. The first-order chi connectivity index (χ1) is 5.77. The summed E-state index contributed by atoms with van der Waals surface area (Å²) in [7, 11) is 2.98. The molecule has 0 spiro atoms. The summed E-state index contributed by atoms with van der Waals surface area (Å²) in [6.45, 7) is 0. The van der Waals surface area contributed by atoms with Crippen LogP contribution in [0.2, 0.25) is 0 Å². The number of rotatable bonds is 3. The second-order valence-electron chi connectivity index (χ2n) is 2.35. The van der Waals surface area contributed by atoms with Gasteiger partial charge in [0.2, 0.25) is 0 Å². The first kappa shape index (κ1) is 9.77. The molecular weight excluding hydrogens is 219 g/mol. The Bertz CT molecular complexity index is 233. The van der Waals surface area contributed by atoms with Gasteiger partial charge >= 0.3 is 7.12 Å². The molecule has 1 rings (SSSR count). The summed E-state index contributed by atoms with van der Waals surface area (Å²) in [6, 6.07) is 7.84. The molecule has 0 bridgehead atoms. The molecule has 64 valence electrons. The Kier molecular flexibility index (Phi) is 3.78. The van der Waals surface area contributed by atoms with E-state index in [1.807, 2.05) is 24.3 Å². The molecule has 0 saturated heterocycles. The van der Waals surface area contributed by atoms with Gasteiger partial charge in [-0.1, -0.05) is 28.1 Å². The minimum Gasteiger partial charge on any atom is -0.410 e. The highest BCUT2D eigenvalue weighted by molar-refractivity contribution is 9.10. The van der Waals surface area contributed by atoms with Gasteiger partial charge in [0, 0.05) is 18.7 Å². The highest BCUT2D eigenvalue weighted by atomic mass is 79.9. The third kappa shape index (κ3) is 2.34. The molecule has 2 nitrogen and oxygen atoms in total. The van der Waals surface area contributed by atoms with Gasteiger partial charge in [0.1, 0.15) is 0 Å². The van der Waals surface area contributed by atoms with Crippen LogP contribution in [0.5, 0.6) is 0 Å². The molecule has 0 fully saturated rings. The molecule has 0 amide bonds. The fourth-order valence-electron chi connectivity index (χ4n) is 0.988. The van der Waals surface area contributed by atoms with Crippen molar-refractivity contribution in [1.82, 2.24) is 0 Å². The summed E-state index contributed by atoms with van der Waals surface area (Å²) in [4.78, 5) is 0. The van der Waals surface area contributed by atoms with Gasteiger partial charge < -0.3 is 9.31 Å². The highest BCUT2D eigenvalue weighted by Crippen LogP contribution is 2.05. The Hall–Kier alpha value is -0.315. The van der Waals surface area contributed by atoms with Gasteiger partial charge in [0.15, 0.2) is 0 Å². The van der Waals surface area contributed by atoms with E-state index in [1.54, 1.807) is 14.2 Å². The van der Waals surface area contributed by atoms with Crippen molar-refractivity contribution in [3.63, 3.8) is 0 Å². The van der Waals surface area contributed by atoms with E-state index in [4.69, 9.17) is 9.31 Å². The quantitative estimate of drug-likeness (QED) is 0.730. The Morgan fingerprint density at radius 2 is 1.58 bits per heavy atom. The van der Waals surface area contributed by atoms with Gasteiger partial charge in [-0.3, -0.25) is 0 Å². The molecular formula is C8H10BBrO2. The van der Waals surface area contributed by atoms with E-state index in [0.717, 1.165) is 9.94 Å². The Balaban J connectivity index is 2.80. The number of halogens is 1. The average molecular weight is 229 g/mol. The van der Waals surface area contributed by atoms with Crippen LogP contribution < -0.4 is 5.46 Å². The maximum absolute atomic E-state index is 5.09. The van der Waals surface area contributed by atoms with Gasteiger partial charge in [-0.25, -0.2) is 0 Å². The largest absolute Gasteiger partial charge is 0.493 e. The smallest absolute Gasteiger partial charge is 0.410 e. The first-order valence-electron chi connectivity index (χ1n) is 3.59. The third-order valence-corrected chi connectivity index (χ3v) is 2.10. The number of hydrogen-bond donors (Lipinski definition) is 0. The summed E-state index contributed by atoms with van der Waals surface area (Å²) in [5.74, 6) is 0. The fourth-order valence-corrected chi connectivity index (χ4v) is 1.25. The second kappa shape index (κ2) is 4.65. The molecule has 0 atom stereocenters. The summed E-state index contributed by atoms with van der Waals surface area (Å²) >= 11 is 3.36. The minimum absolute atomic E-state index is 0.266. The minimum atomic E-state index is -0.266. The molecule has 0 aliphatic heterocycles. The van der Waals surface area contributed by atoms with Gasteiger partial charge in [0.05, 0.1) is 0 Å². The van der Waals surface area contributed by atoms with Crippen molar-refractivity contribution < 1.29 is 9.31 Å². The topological polar surface area (TPSA) is 18.5 Å². The highest BCUT2D eigenvalue weighted by Gasteiger charge is 2.16. The SMILES string of the molecule is COB(OC)c1ccc(Br)cc1. The first-order valence-corrected chi connectivity index (χ1v) is 4.38. The van der Waals surface area contributed by atoms with Crippen molar-refractivity contribution >= 4 is 28.5 Å². The molecule has 1 aromatic carbocycles. The monoisotopic (exact) mass is 228 g/mol. The fraction of sp³-hybridized carbons (Fsp3) is 0.250. The van der Waals surface area contributed by atoms with E-state index in [0.29, 0.717) is 0 Å². The van der Waals surface area contributed by atoms with Crippen molar-refractivity contribution in [2.24, 2.45) is 0 Å². The maximum atomic E-state index is 5.09.